The fraction of sp³-hybridized carbons (Fsp3) is 0.786. The van der Waals surface area contributed by atoms with Crippen LogP contribution in [-0.2, 0) is 6.54 Å². The quantitative estimate of drug-likeness (QED) is 0.869. The Bertz CT molecular complexity index is 394. The highest BCUT2D eigenvalue weighted by Crippen LogP contribution is 2.46. The van der Waals surface area contributed by atoms with E-state index >= 15 is 0 Å². The van der Waals surface area contributed by atoms with E-state index in [1.165, 1.54) is 29.8 Å². The van der Waals surface area contributed by atoms with E-state index in [1.807, 2.05) is 0 Å². The lowest BCUT2D eigenvalue weighted by Crippen LogP contribution is -2.47. The number of rotatable bonds is 4. The molecule has 3 unspecified atom stereocenters. The number of aromatic nitrogens is 2. The zero-order chi connectivity index (χ0) is 12.6. The van der Waals surface area contributed by atoms with Crippen LogP contribution in [0.15, 0.2) is 0 Å². The van der Waals surface area contributed by atoms with Gasteiger partial charge < -0.3 is 5.32 Å². The van der Waals surface area contributed by atoms with Crippen LogP contribution in [0.4, 0.5) is 0 Å². The van der Waals surface area contributed by atoms with Crippen molar-refractivity contribution in [2.75, 3.05) is 7.05 Å². The molecule has 0 aliphatic heterocycles. The van der Waals surface area contributed by atoms with Gasteiger partial charge >= 0.3 is 0 Å². The van der Waals surface area contributed by atoms with Crippen LogP contribution in [0, 0.1) is 19.8 Å². The van der Waals surface area contributed by atoms with E-state index in [4.69, 9.17) is 0 Å². The number of aryl methyl sites for hydroxylation is 2. The van der Waals surface area contributed by atoms with Gasteiger partial charge in [0, 0.05) is 18.3 Å². The third-order valence-corrected chi connectivity index (χ3v) is 4.49. The van der Waals surface area contributed by atoms with Crippen LogP contribution < -0.4 is 5.32 Å². The monoisotopic (exact) mass is 235 g/mol. The molecule has 17 heavy (non-hydrogen) atoms. The minimum absolute atomic E-state index is 0.703. The van der Waals surface area contributed by atoms with Gasteiger partial charge in [0.25, 0.3) is 0 Å². The first-order chi connectivity index (χ1) is 8.13. The summed E-state index contributed by atoms with van der Waals surface area (Å²) in [6, 6.07) is 0.703. The highest BCUT2D eigenvalue weighted by molar-refractivity contribution is 5.32. The number of nitrogens with one attached hydrogen (secondary N) is 1. The standard InChI is InChI=1S/C14H25N3/c1-6-11-12(8-13(11)15-5)14-9(3)16-17(7-2)10(14)4/h11-13,15H,6-8H2,1-5H3. The molecule has 3 nitrogen and oxygen atoms in total. The van der Waals surface area contributed by atoms with Crippen molar-refractivity contribution < 1.29 is 0 Å². The first-order valence-electron chi connectivity index (χ1n) is 6.85. The van der Waals surface area contributed by atoms with Crippen LogP contribution in [0.3, 0.4) is 0 Å². The lowest BCUT2D eigenvalue weighted by atomic mass is 9.64. The fourth-order valence-electron chi connectivity index (χ4n) is 3.50. The molecule has 1 saturated carbocycles. The highest BCUT2D eigenvalue weighted by Gasteiger charge is 2.41. The molecule has 1 aliphatic carbocycles. The Kier molecular flexibility index (Phi) is 3.57. The zero-order valence-corrected chi connectivity index (χ0v) is 11.7. The largest absolute Gasteiger partial charge is 0.317 e. The van der Waals surface area contributed by atoms with Gasteiger partial charge in [0.05, 0.1) is 5.69 Å². The van der Waals surface area contributed by atoms with Gasteiger partial charge in [0.1, 0.15) is 0 Å². The smallest absolute Gasteiger partial charge is 0.0631 e. The van der Waals surface area contributed by atoms with E-state index in [0.717, 1.165) is 18.4 Å². The lowest BCUT2D eigenvalue weighted by Gasteiger charge is -2.45. The zero-order valence-electron chi connectivity index (χ0n) is 11.7. The summed E-state index contributed by atoms with van der Waals surface area (Å²) in [4.78, 5) is 0. The molecule has 1 fully saturated rings. The average Bonchev–Trinajstić information content (AvgIpc) is 2.56. The third-order valence-electron chi connectivity index (χ3n) is 4.49. The van der Waals surface area contributed by atoms with Gasteiger partial charge in [-0.05, 0) is 51.6 Å². The number of hydrogen-bond donors (Lipinski definition) is 1. The second kappa shape index (κ2) is 4.81. The molecule has 0 bridgehead atoms. The van der Waals surface area contributed by atoms with E-state index < -0.39 is 0 Å². The summed E-state index contributed by atoms with van der Waals surface area (Å²) >= 11 is 0. The Morgan fingerprint density at radius 3 is 2.53 bits per heavy atom. The van der Waals surface area contributed by atoms with Crippen LogP contribution in [0.1, 0.15) is 49.6 Å². The van der Waals surface area contributed by atoms with Gasteiger partial charge in [-0.25, -0.2) is 0 Å². The maximum absolute atomic E-state index is 4.65. The van der Waals surface area contributed by atoms with Crippen molar-refractivity contribution >= 4 is 0 Å². The van der Waals surface area contributed by atoms with Gasteiger partial charge in [-0.1, -0.05) is 13.3 Å². The summed E-state index contributed by atoms with van der Waals surface area (Å²) in [5.74, 6) is 1.50. The molecule has 1 heterocycles. The number of nitrogens with zero attached hydrogens (tertiary/aromatic N) is 2. The molecule has 1 aromatic heterocycles. The maximum atomic E-state index is 4.65. The Hall–Kier alpha value is -0.830. The molecule has 3 atom stereocenters. The molecule has 0 aromatic carbocycles. The van der Waals surface area contributed by atoms with Crippen LogP contribution in [0.2, 0.25) is 0 Å². The van der Waals surface area contributed by atoms with Crippen LogP contribution in [0.25, 0.3) is 0 Å². The molecular weight excluding hydrogens is 210 g/mol. The Morgan fingerprint density at radius 1 is 1.35 bits per heavy atom. The normalized spacial score (nSPS) is 28.2. The molecule has 0 spiro atoms. The molecule has 0 saturated heterocycles. The SMILES string of the molecule is CCC1C(NC)CC1c1c(C)nn(CC)c1C. The van der Waals surface area contributed by atoms with E-state index in [9.17, 15) is 0 Å². The van der Waals surface area contributed by atoms with Crippen LogP contribution in [-0.4, -0.2) is 22.9 Å². The molecule has 0 radical (unpaired) electrons. The molecule has 2 rings (SSSR count). The Balaban J connectivity index is 2.27. The van der Waals surface area contributed by atoms with Crippen molar-refractivity contribution in [3.05, 3.63) is 17.0 Å². The van der Waals surface area contributed by atoms with E-state index in [1.54, 1.807) is 0 Å². The van der Waals surface area contributed by atoms with Gasteiger partial charge in [0.2, 0.25) is 0 Å². The summed E-state index contributed by atoms with van der Waals surface area (Å²) in [6.07, 6.45) is 2.53. The predicted octanol–water partition coefficient (Wildman–Crippen LogP) is 2.62. The van der Waals surface area contributed by atoms with Crippen molar-refractivity contribution in [1.82, 2.24) is 15.1 Å². The minimum Gasteiger partial charge on any atom is -0.317 e. The Morgan fingerprint density at radius 2 is 2.06 bits per heavy atom. The number of hydrogen-bond acceptors (Lipinski definition) is 2. The van der Waals surface area contributed by atoms with E-state index in [0.29, 0.717) is 6.04 Å². The fourth-order valence-corrected chi connectivity index (χ4v) is 3.50. The second-order valence-electron chi connectivity index (χ2n) is 5.21. The summed E-state index contributed by atoms with van der Waals surface area (Å²) in [6.45, 7) is 9.82. The summed E-state index contributed by atoms with van der Waals surface area (Å²) < 4.78 is 2.14. The summed E-state index contributed by atoms with van der Waals surface area (Å²) in [5, 5.41) is 8.08. The molecule has 3 heteroatoms. The average molecular weight is 235 g/mol. The van der Waals surface area contributed by atoms with Crippen molar-refractivity contribution in [3.8, 4) is 0 Å². The Labute approximate surface area is 105 Å². The predicted molar refractivity (Wildman–Crippen MR) is 71.4 cm³/mol. The minimum atomic E-state index is 0.703. The third kappa shape index (κ3) is 1.90. The van der Waals surface area contributed by atoms with Gasteiger partial charge in [-0.3, -0.25) is 4.68 Å². The van der Waals surface area contributed by atoms with Crippen LogP contribution in [0.5, 0.6) is 0 Å². The van der Waals surface area contributed by atoms with Gasteiger partial charge in [0.15, 0.2) is 0 Å². The molecule has 1 N–H and O–H groups in total. The van der Waals surface area contributed by atoms with Crippen LogP contribution >= 0.6 is 0 Å². The molecular formula is C14H25N3. The van der Waals surface area contributed by atoms with E-state index in [2.05, 4.69) is 49.8 Å². The van der Waals surface area contributed by atoms with E-state index in [-0.39, 0.29) is 0 Å². The second-order valence-corrected chi connectivity index (χ2v) is 5.21. The van der Waals surface area contributed by atoms with Crippen molar-refractivity contribution in [3.63, 3.8) is 0 Å². The molecule has 0 amide bonds. The van der Waals surface area contributed by atoms with Crippen molar-refractivity contribution in [2.24, 2.45) is 5.92 Å². The van der Waals surface area contributed by atoms with Crippen molar-refractivity contribution in [2.45, 2.75) is 59.0 Å². The lowest BCUT2D eigenvalue weighted by molar-refractivity contribution is 0.168. The highest BCUT2D eigenvalue weighted by atomic mass is 15.3. The molecule has 1 aliphatic rings. The van der Waals surface area contributed by atoms with Gasteiger partial charge in [-0.15, -0.1) is 0 Å². The topological polar surface area (TPSA) is 29.9 Å². The first kappa shape index (κ1) is 12.6. The molecule has 1 aromatic rings. The maximum Gasteiger partial charge on any atom is 0.0631 e. The summed E-state index contributed by atoms with van der Waals surface area (Å²) in [5.41, 5.74) is 4.13. The summed E-state index contributed by atoms with van der Waals surface area (Å²) in [7, 11) is 2.08. The first-order valence-corrected chi connectivity index (χ1v) is 6.85. The van der Waals surface area contributed by atoms with Crippen molar-refractivity contribution in [1.29, 1.82) is 0 Å². The van der Waals surface area contributed by atoms with Gasteiger partial charge in [-0.2, -0.15) is 5.10 Å². The molecule has 96 valence electrons.